The summed E-state index contributed by atoms with van der Waals surface area (Å²) in [7, 11) is 2.02. The molecule has 0 bridgehead atoms. The van der Waals surface area contributed by atoms with Crippen LogP contribution in [0.15, 0.2) is 42.5 Å². The summed E-state index contributed by atoms with van der Waals surface area (Å²) in [6, 6.07) is 14.6. The summed E-state index contributed by atoms with van der Waals surface area (Å²) < 4.78 is 3.26. The van der Waals surface area contributed by atoms with Gasteiger partial charge in [0.2, 0.25) is 5.95 Å². The van der Waals surface area contributed by atoms with Crippen molar-refractivity contribution in [3.63, 3.8) is 0 Å². The van der Waals surface area contributed by atoms with Crippen molar-refractivity contribution in [2.45, 2.75) is 19.8 Å². The average Bonchev–Trinajstić information content (AvgIpc) is 3.08. The van der Waals surface area contributed by atoms with E-state index in [-0.39, 0.29) is 0 Å². The van der Waals surface area contributed by atoms with E-state index in [0.29, 0.717) is 5.92 Å². The van der Waals surface area contributed by atoms with Gasteiger partial charge >= 0.3 is 0 Å². The van der Waals surface area contributed by atoms with E-state index in [1.165, 1.54) is 10.3 Å². The number of aryl methyl sites for hydroxylation is 1. The fraction of sp³-hybridized carbons (Fsp3) is 0.222. The molecule has 2 aromatic heterocycles. The highest BCUT2D eigenvalue weighted by Crippen LogP contribution is 2.31. The van der Waals surface area contributed by atoms with Crippen LogP contribution < -0.4 is 5.32 Å². The lowest BCUT2D eigenvalue weighted by Crippen LogP contribution is -1.98. The van der Waals surface area contributed by atoms with Crippen LogP contribution in [0.25, 0.3) is 21.3 Å². The molecule has 4 aromatic rings. The predicted octanol–water partition coefficient (Wildman–Crippen LogP) is 5.05. The molecule has 5 heteroatoms. The van der Waals surface area contributed by atoms with Crippen LogP contribution in [0, 0.1) is 0 Å². The molecule has 2 aromatic carbocycles. The van der Waals surface area contributed by atoms with Crippen molar-refractivity contribution in [1.29, 1.82) is 0 Å². The molecule has 0 radical (unpaired) electrons. The van der Waals surface area contributed by atoms with Gasteiger partial charge in [-0.25, -0.2) is 9.97 Å². The lowest BCUT2D eigenvalue weighted by molar-refractivity contribution is 0.869. The molecule has 0 amide bonds. The van der Waals surface area contributed by atoms with Gasteiger partial charge in [0, 0.05) is 7.05 Å². The third-order valence-corrected chi connectivity index (χ3v) is 5.02. The SMILES string of the molecule is CC(C)c1ccc2nc(Nc3nc4ccccc4n3C)sc2c1. The van der Waals surface area contributed by atoms with Crippen LogP contribution >= 0.6 is 11.3 Å². The van der Waals surface area contributed by atoms with E-state index in [4.69, 9.17) is 0 Å². The third-order valence-electron chi connectivity index (χ3n) is 4.09. The number of imidazole rings is 1. The molecule has 0 aliphatic carbocycles. The van der Waals surface area contributed by atoms with Gasteiger partial charge in [-0.2, -0.15) is 0 Å². The van der Waals surface area contributed by atoms with E-state index < -0.39 is 0 Å². The van der Waals surface area contributed by atoms with Crippen LogP contribution in [-0.2, 0) is 7.05 Å². The van der Waals surface area contributed by atoms with E-state index in [2.05, 4.69) is 58.0 Å². The zero-order valence-corrected chi connectivity index (χ0v) is 14.2. The Morgan fingerprint density at radius 2 is 1.87 bits per heavy atom. The number of nitrogens with one attached hydrogen (secondary N) is 1. The number of nitrogens with zero attached hydrogens (tertiary/aromatic N) is 3. The summed E-state index contributed by atoms with van der Waals surface area (Å²) in [4.78, 5) is 9.32. The molecule has 116 valence electrons. The number of hydrogen-bond acceptors (Lipinski definition) is 4. The third kappa shape index (κ3) is 2.47. The van der Waals surface area contributed by atoms with Gasteiger partial charge in [-0.15, -0.1) is 0 Å². The van der Waals surface area contributed by atoms with Gasteiger partial charge in [-0.1, -0.05) is 43.4 Å². The minimum atomic E-state index is 0.526. The smallest absolute Gasteiger partial charge is 0.209 e. The second-order valence-corrected chi connectivity index (χ2v) is 7.04. The summed E-state index contributed by atoms with van der Waals surface area (Å²) in [6.07, 6.45) is 0. The van der Waals surface area contributed by atoms with Crippen LogP contribution in [-0.4, -0.2) is 14.5 Å². The quantitative estimate of drug-likeness (QED) is 0.574. The first-order valence-electron chi connectivity index (χ1n) is 7.71. The van der Waals surface area contributed by atoms with Crippen LogP contribution in [0.3, 0.4) is 0 Å². The maximum absolute atomic E-state index is 4.67. The summed E-state index contributed by atoms with van der Waals surface area (Å²) >= 11 is 1.67. The van der Waals surface area contributed by atoms with Gasteiger partial charge in [0.1, 0.15) is 0 Å². The molecular formula is C18H18N4S. The molecule has 0 unspecified atom stereocenters. The Bertz CT molecular complexity index is 997. The fourth-order valence-electron chi connectivity index (χ4n) is 2.71. The lowest BCUT2D eigenvalue weighted by Gasteiger charge is -2.03. The van der Waals surface area contributed by atoms with Crippen LogP contribution in [0.1, 0.15) is 25.3 Å². The van der Waals surface area contributed by atoms with Gasteiger partial charge in [0.15, 0.2) is 5.13 Å². The molecule has 0 saturated carbocycles. The van der Waals surface area contributed by atoms with Crippen LogP contribution in [0.4, 0.5) is 11.1 Å². The topological polar surface area (TPSA) is 42.7 Å². The number of aromatic nitrogens is 3. The maximum atomic E-state index is 4.67. The molecule has 2 heterocycles. The zero-order chi connectivity index (χ0) is 16.0. The van der Waals surface area contributed by atoms with Gasteiger partial charge < -0.3 is 9.88 Å². The Hall–Kier alpha value is -2.40. The molecule has 0 spiro atoms. The Labute approximate surface area is 138 Å². The number of thiazole rings is 1. The first-order chi connectivity index (χ1) is 11.1. The monoisotopic (exact) mass is 322 g/mol. The molecule has 0 fully saturated rings. The predicted molar refractivity (Wildman–Crippen MR) is 97.7 cm³/mol. The van der Waals surface area contributed by atoms with Crippen molar-refractivity contribution >= 4 is 43.7 Å². The van der Waals surface area contributed by atoms with Crippen molar-refractivity contribution in [2.24, 2.45) is 7.05 Å². The largest absolute Gasteiger partial charge is 0.313 e. The summed E-state index contributed by atoms with van der Waals surface area (Å²) in [6.45, 7) is 4.42. The Balaban J connectivity index is 1.72. The summed E-state index contributed by atoms with van der Waals surface area (Å²) in [5.41, 5.74) is 4.47. The Morgan fingerprint density at radius 1 is 1.04 bits per heavy atom. The molecule has 0 atom stereocenters. The maximum Gasteiger partial charge on any atom is 0.209 e. The van der Waals surface area contributed by atoms with Crippen molar-refractivity contribution in [3.8, 4) is 0 Å². The minimum Gasteiger partial charge on any atom is -0.313 e. The highest BCUT2D eigenvalue weighted by Gasteiger charge is 2.11. The highest BCUT2D eigenvalue weighted by atomic mass is 32.1. The van der Waals surface area contributed by atoms with Crippen molar-refractivity contribution in [3.05, 3.63) is 48.0 Å². The van der Waals surface area contributed by atoms with E-state index >= 15 is 0 Å². The average molecular weight is 322 g/mol. The molecule has 4 nitrogen and oxygen atoms in total. The number of benzene rings is 2. The number of para-hydroxylation sites is 2. The van der Waals surface area contributed by atoms with E-state index in [1.807, 2.05) is 25.2 Å². The van der Waals surface area contributed by atoms with Crippen molar-refractivity contribution < 1.29 is 0 Å². The number of rotatable bonds is 3. The van der Waals surface area contributed by atoms with Gasteiger partial charge in [-0.3, -0.25) is 0 Å². The number of hydrogen-bond donors (Lipinski definition) is 1. The van der Waals surface area contributed by atoms with Crippen LogP contribution in [0.5, 0.6) is 0 Å². The molecule has 0 aliphatic rings. The molecule has 0 aliphatic heterocycles. The van der Waals surface area contributed by atoms with Crippen molar-refractivity contribution in [2.75, 3.05) is 5.32 Å². The Kier molecular flexibility index (Phi) is 3.31. The number of fused-ring (bicyclic) bond motifs is 2. The summed E-state index contributed by atoms with van der Waals surface area (Å²) in [5.74, 6) is 1.34. The van der Waals surface area contributed by atoms with E-state index in [9.17, 15) is 0 Å². The fourth-order valence-corrected chi connectivity index (χ4v) is 3.61. The minimum absolute atomic E-state index is 0.526. The zero-order valence-electron chi connectivity index (χ0n) is 13.4. The van der Waals surface area contributed by atoms with Crippen molar-refractivity contribution in [1.82, 2.24) is 14.5 Å². The molecular weight excluding hydrogens is 304 g/mol. The lowest BCUT2D eigenvalue weighted by atomic mass is 10.0. The van der Waals surface area contributed by atoms with Gasteiger partial charge in [-0.05, 0) is 35.7 Å². The number of anilines is 2. The first-order valence-corrected chi connectivity index (χ1v) is 8.52. The molecule has 4 rings (SSSR count). The van der Waals surface area contributed by atoms with Gasteiger partial charge in [0.25, 0.3) is 0 Å². The standard InChI is InChI=1S/C18H18N4S/c1-11(2)12-8-9-14-16(10-12)23-18(20-14)21-17-19-13-6-4-5-7-15(13)22(17)3/h4-11H,1-3H3,(H,19,20,21). The molecule has 1 N–H and O–H groups in total. The molecule has 23 heavy (non-hydrogen) atoms. The van der Waals surface area contributed by atoms with Gasteiger partial charge in [0.05, 0.1) is 21.3 Å². The van der Waals surface area contributed by atoms with Crippen LogP contribution in [0.2, 0.25) is 0 Å². The molecule has 0 saturated heterocycles. The normalized spacial score (nSPS) is 11.7. The second-order valence-electron chi connectivity index (χ2n) is 6.01. The second kappa shape index (κ2) is 5.35. The summed E-state index contributed by atoms with van der Waals surface area (Å²) in [5, 5.41) is 4.23. The Morgan fingerprint density at radius 3 is 2.65 bits per heavy atom. The van der Waals surface area contributed by atoms with E-state index in [0.717, 1.165) is 27.6 Å². The van der Waals surface area contributed by atoms with E-state index in [1.54, 1.807) is 11.3 Å². The highest BCUT2D eigenvalue weighted by molar-refractivity contribution is 7.22. The first kappa shape index (κ1) is 14.2.